The third-order valence-corrected chi connectivity index (χ3v) is 4.10. The molecule has 5 nitrogen and oxygen atoms in total. The molecule has 0 spiro atoms. The van der Waals surface area contributed by atoms with Gasteiger partial charge in [0.2, 0.25) is 5.95 Å². The maximum atomic E-state index is 12.4. The van der Waals surface area contributed by atoms with Gasteiger partial charge in [-0.1, -0.05) is 19.4 Å². The zero-order chi connectivity index (χ0) is 16.8. The molecule has 0 saturated heterocycles. The Morgan fingerprint density at radius 2 is 2.13 bits per heavy atom. The number of aryl methyl sites for hydroxylation is 1. The van der Waals surface area contributed by atoms with E-state index >= 15 is 0 Å². The maximum Gasteiger partial charge on any atom is 0.272 e. The van der Waals surface area contributed by atoms with Gasteiger partial charge in [0.15, 0.2) is 0 Å². The summed E-state index contributed by atoms with van der Waals surface area (Å²) in [7, 11) is 1.80. The number of benzene rings is 1. The Morgan fingerprint density at radius 3 is 2.83 bits per heavy atom. The van der Waals surface area contributed by atoms with Gasteiger partial charge >= 0.3 is 0 Å². The van der Waals surface area contributed by atoms with Crippen LogP contribution in [-0.2, 0) is 0 Å². The number of carbonyl (C=O) groups excluding carboxylic acids is 1. The predicted molar refractivity (Wildman–Crippen MR) is 96.1 cm³/mol. The van der Waals surface area contributed by atoms with Crippen molar-refractivity contribution >= 4 is 33.5 Å². The monoisotopic (exact) mass is 376 g/mol. The number of carbonyl (C=O) groups is 1. The average Bonchev–Trinajstić information content (AvgIpc) is 2.55. The molecule has 2 aromatic rings. The molecule has 1 amide bonds. The van der Waals surface area contributed by atoms with Crippen LogP contribution in [0.15, 0.2) is 34.9 Å². The second-order valence-electron chi connectivity index (χ2n) is 5.45. The van der Waals surface area contributed by atoms with E-state index in [4.69, 9.17) is 0 Å². The Hall–Kier alpha value is -1.95. The van der Waals surface area contributed by atoms with Crippen molar-refractivity contribution in [1.29, 1.82) is 0 Å². The van der Waals surface area contributed by atoms with E-state index in [1.165, 1.54) is 0 Å². The first-order chi connectivity index (χ1) is 11.0. The molecular formula is C17H21BrN4O. The van der Waals surface area contributed by atoms with Crippen LogP contribution in [0.25, 0.3) is 0 Å². The smallest absolute Gasteiger partial charge is 0.272 e. The number of rotatable bonds is 6. The Bertz CT molecular complexity index is 690. The van der Waals surface area contributed by atoms with Gasteiger partial charge in [0.25, 0.3) is 5.91 Å². The molecule has 0 aliphatic rings. The van der Waals surface area contributed by atoms with Crippen molar-refractivity contribution in [2.75, 3.05) is 18.9 Å². The SMILES string of the molecule is CCCCN(C)C(=O)c1ccnc(Nc2ccc(C)cc2Br)n1. The average molecular weight is 377 g/mol. The van der Waals surface area contributed by atoms with E-state index in [-0.39, 0.29) is 5.91 Å². The minimum atomic E-state index is -0.0909. The lowest BCUT2D eigenvalue weighted by molar-refractivity contribution is 0.0787. The van der Waals surface area contributed by atoms with Crippen LogP contribution in [0.1, 0.15) is 35.8 Å². The van der Waals surface area contributed by atoms with Crippen molar-refractivity contribution in [2.24, 2.45) is 0 Å². The number of nitrogens with zero attached hydrogens (tertiary/aromatic N) is 3. The quantitative estimate of drug-likeness (QED) is 0.821. The number of hydrogen-bond acceptors (Lipinski definition) is 4. The number of unbranched alkanes of at least 4 members (excludes halogenated alkanes) is 1. The molecule has 1 heterocycles. The molecule has 1 aromatic heterocycles. The molecule has 0 atom stereocenters. The lowest BCUT2D eigenvalue weighted by Crippen LogP contribution is -2.28. The van der Waals surface area contributed by atoms with Gasteiger partial charge in [0.05, 0.1) is 5.69 Å². The highest BCUT2D eigenvalue weighted by Crippen LogP contribution is 2.25. The summed E-state index contributed by atoms with van der Waals surface area (Å²) in [5.41, 5.74) is 2.41. The minimum Gasteiger partial charge on any atom is -0.340 e. The topological polar surface area (TPSA) is 58.1 Å². The molecule has 122 valence electrons. The van der Waals surface area contributed by atoms with E-state index in [1.807, 2.05) is 25.1 Å². The fourth-order valence-electron chi connectivity index (χ4n) is 2.07. The summed E-state index contributed by atoms with van der Waals surface area (Å²) < 4.78 is 0.929. The molecule has 0 fully saturated rings. The lowest BCUT2D eigenvalue weighted by Gasteiger charge is -2.16. The second kappa shape index (κ2) is 8.06. The summed E-state index contributed by atoms with van der Waals surface area (Å²) in [6, 6.07) is 7.60. The number of amides is 1. The van der Waals surface area contributed by atoms with Crippen molar-refractivity contribution in [3.8, 4) is 0 Å². The van der Waals surface area contributed by atoms with E-state index in [0.717, 1.165) is 35.1 Å². The Balaban J connectivity index is 2.14. The van der Waals surface area contributed by atoms with Crippen LogP contribution in [0.4, 0.5) is 11.6 Å². The zero-order valence-electron chi connectivity index (χ0n) is 13.6. The summed E-state index contributed by atoms with van der Waals surface area (Å²) in [5, 5.41) is 3.14. The third kappa shape index (κ3) is 4.76. The van der Waals surface area contributed by atoms with Crippen molar-refractivity contribution in [2.45, 2.75) is 26.7 Å². The second-order valence-corrected chi connectivity index (χ2v) is 6.31. The van der Waals surface area contributed by atoms with Crippen LogP contribution < -0.4 is 5.32 Å². The van der Waals surface area contributed by atoms with Crippen molar-refractivity contribution in [1.82, 2.24) is 14.9 Å². The molecule has 0 aliphatic carbocycles. The van der Waals surface area contributed by atoms with E-state index in [1.54, 1.807) is 24.2 Å². The summed E-state index contributed by atoms with van der Waals surface area (Å²) in [6.45, 7) is 4.85. The van der Waals surface area contributed by atoms with Crippen molar-refractivity contribution in [3.63, 3.8) is 0 Å². The van der Waals surface area contributed by atoms with Gasteiger partial charge < -0.3 is 10.2 Å². The van der Waals surface area contributed by atoms with Crippen LogP contribution in [0.3, 0.4) is 0 Å². The van der Waals surface area contributed by atoms with Crippen LogP contribution in [0.5, 0.6) is 0 Å². The van der Waals surface area contributed by atoms with Crippen molar-refractivity contribution < 1.29 is 4.79 Å². The Morgan fingerprint density at radius 1 is 1.35 bits per heavy atom. The molecule has 0 aliphatic heterocycles. The highest BCUT2D eigenvalue weighted by Gasteiger charge is 2.14. The van der Waals surface area contributed by atoms with Gasteiger partial charge in [-0.25, -0.2) is 9.97 Å². The van der Waals surface area contributed by atoms with Crippen molar-refractivity contribution in [3.05, 3.63) is 46.2 Å². The fraction of sp³-hybridized carbons (Fsp3) is 0.353. The van der Waals surface area contributed by atoms with E-state index < -0.39 is 0 Å². The summed E-state index contributed by atoms with van der Waals surface area (Å²) >= 11 is 3.51. The standard InChI is InChI=1S/C17H21BrN4O/c1-4-5-10-22(3)16(23)15-8-9-19-17(21-15)20-14-7-6-12(2)11-13(14)18/h6-9,11H,4-5,10H2,1-3H3,(H,19,20,21). The largest absolute Gasteiger partial charge is 0.340 e. The summed E-state index contributed by atoms with van der Waals surface area (Å²) in [6.07, 6.45) is 3.63. The van der Waals surface area contributed by atoms with Gasteiger partial charge in [-0.3, -0.25) is 4.79 Å². The highest BCUT2D eigenvalue weighted by atomic mass is 79.9. The summed E-state index contributed by atoms with van der Waals surface area (Å²) in [5.74, 6) is 0.316. The van der Waals surface area contributed by atoms with Gasteiger partial charge in [-0.15, -0.1) is 0 Å². The predicted octanol–water partition coefficient (Wildman–Crippen LogP) is 4.16. The lowest BCUT2D eigenvalue weighted by atomic mass is 10.2. The van der Waals surface area contributed by atoms with Crippen LogP contribution in [-0.4, -0.2) is 34.4 Å². The molecule has 2 rings (SSSR count). The minimum absolute atomic E-state index is 0.0909. The normalized spacial score (nSPS) is 10.4. The number of aromatic nitrogens is 2. The fourth-order valence-corrected chi connectivity index (χ4v) is 2.66. The van der Waals surface area contributed by atoms with Crippen LogP contribution in [0.2, 0.25) is 0 Å². The van der Waals surface area contributed by atoms with Crippen LogP contribution in [0, 0.1) is 6.92 Å². The first-order valence-corrected chi connectivity index (χ1v) is 8.42. The maximum absolute atomic E-state index is 12.4. The molecule has 0 bridgehead atoms. The summed E-state index contributed by atoms with van der Waals surface area (Å²) in [4.78, 5) is 22.6. The van der Waals surface area contributed by atoms with E-state index in [9.17, 15) is 4.79 Å². The first-order valence-electron chi connectivity index (χ1n) is 7.63. The third-order valence-electron chi connectivity index (χ3n) is 3.44. The molecule has 6 heteroatoms. The van der Waals surface area contributed by atoms with Gasteiger partial charge in [0.1, 0.15) is 5.69 Å². The number of anilines is 2. The molecule has 0 radical (unpaired) electrons. The molecular weight excluding hydrogens is 356 g/mol. The first kappa shape index (κ1) is 17.4. The number of nitrogens with one attached hydrogen (secondary N) is 1. The van der Waals surface area contributed by atoms with Gasteiger partial charge in [-0.2, -0.15) is 0 Å². The molecule has 0 saturated carbocycles. The van der Waals surface area contributed by atoms with E-state index in [0.29, 0.717) is 11.6 Å². The number of halogens is 1. The highest BCUT2D eigenvalue weighted by molar-refractivity contribution is 9.10. The molecule has 23 heavy (non-hydrogen) atoms. The molecule has 0 unspecified atom stereocenters. The molecule has 1 aromatic carbocycles. The number of hydrogen-bond donors (Lipinski definition) is 1. The Labute approximate surface area is 145 Å². The van der Waals surface area contributed by atoms with Gasteiger partial charge in [-0.05, 0) is 53.0 Å². The van der Waals surface area contributed by atoms with E-state index in [2.05, 4.69) is 38.1 Å². The van der Waals surface area contributed by atoms with Gasteiger partial charge in [0, 0.05) is 24.3 Å². The Kier molecular flexibility index (Phi) is 6.10. The zero-order valence-corrected chi connectivity index (χ0v) is 15.2. The molecule has 1 N–H and O–H groups in total. The van der Waals surface area contributed by atoms with Crippen LogP contribution >= 0.6 is 15.9 Å².